The van der Waals surface area contributed by atoms with Crippen LogP contribution in [0.15, 0.2) is 18.2 Å². The summed E-state index contributed by atoms with van der Waals surface area (Å²) in [6.45, 7) is 4.11. The van der Waals surface area contributed by atoms with Crippen LogP contribution in [0.2, 0.25) is 10.0 Å². The summed E-state index contributed by atoms with van der Waals surface area (Å²) in [6.07, 6.45) is 1.39. The van der Waals surface area contributed by atoms with E-state index in [9.17, 15) is 4.79 Å². The molecule has 0 saturated carbocycles. The number of carbonyl (C=O) groups excluding carboxylic acids is 1. The Kier molecular flexibility index (Phi) is 5.29. The quantitative estimate of drug-likeness (QED) is 0.813. The lowest BCUT2D eigenvalue weighted by Crippen LogP contribution is -2.31. The van der Waals surface area contributed by atoms with Crippen molar-refractivity contribution < 1.29 is 9.53 Å². The third-order valence-corrected chi connectivity index (χ3v) is 3.31. The van der Waals surface area contributed by atoms with Crippen LogP contribution in [0.25, 0.3) is 0 Å². The molecule has 0 bridgehead atoms. The molecule has 0 aliphatic carbocycles. The minimum Gasteiger partial charge on any atom is -0.492 e. The van der Waals surface area contributed by atoms with Gasteiger partial charge in [-0.2, -0.15) is 0 Å². The van der Waals surface area contributed by atoms with Gasteiger partial charge in [0.2, 0.25) is 5.91 Å². The Morgan fingerprint density at radius 2 is 2.06 bits per heavy atom. The molecule has 0 saturated heterocycles. The van der Waals surface area contributed by atoms with Crippen molar-refractivity contribution in [2.75, 3.05) is 6.61 Å². The predicted octanol–water partition coefficient (Wildman–Crippen LogP) is 3.66. The molecule has 0 aliphatic heterocycles. The van der Waals surface area contributed by atoms with Gasteiger partial charge in [-0.25, -0.2) is 0 Å². The van der Waals surface area contributed by atoms with Gasteiger partial charge in [0.15, 0.2) is 0 Å². The zero-order valence-corrected chi connectivity index (χ0v) is 12.0. The first kappa shape index (κ1) is 15.1. The van der Waals surface area contributed by atoms with Crippen LogP contribution in [0.4, 0.5) is 0 Å². The summed E-state index contributed by atoms with van der Waals surface area (Å²) in [4.78, 5) is 11.1. The number of hydrogen-bond donors (Lipinski definition) is 1. The van der Waals surface area contributed by atoms with E-state index in [4.69, 9.17) is 33.7 Å². The van der Waals surface area contributed by atoms with Crippen molar-refractivity contribution in [3.8, 4) is 5.75 Å². The Balaban J connectivity index is 2.43. The number of ether oxygens (including phenoxy) is 1. The maximum Gasteiger partial charge on any atom is 0.223 e. The van der Waals surface area contributed by atoms with E-state index in [0.29, 0.717) is 28.8 Å². The van der Waals surface area contributed by atoms with Crippen molar-refractivity contribution in [2.24, 2.45) is 11.1 Å². The van der Waals surface area contributed by atoms with Crippen molar-refractivity contribution in [2.45, 2.75) is 26.7 Å². The van der Waals surface area contributed by atoms with E-state index in [0.717, 1.165) is 6.42 Å². The molecule has 3 nitrogen and oxygen atoms in total. The van der Waals surface area contributed by atoms with Crippen LogP contribution < -0.4 is 10.5 Å². The van der Waals surface area contributed by atoms with Gasteiger partial charge < -0.3 is 10.5 Å². The Hall–Kier alpha value is -0.930. The highest BCUT2D eigenvalue weighted by Gasteiger charge is 2.24. The Morgan fingerprint density at radius 1 is 1.39 bits per heavy atom. The summed E-state index contributed by atoms with van der Waals surface area (Å²) in [5.74, 6) is 0.254. The molecule has 1 aromatic rings. The Morgan fingerprint density at radius 3 is 2.67 bits per heavy atom. The number of rotatable bonds is 6. The Labute approximate surface area is 117 Å². The van der Waals surface area contributed by atoms with Crippen molar-refractivity contribution in [1.82, 2.24) is 0 Å². The average molecular weight is 290 g/mol. The van der Waals surface area contributed by atoms with Crippen molar-refractivity contribution >= 4 is 29.1 Å². The number of hydrogen-bond acceptors (Lipinski definition) is 2. The van der Waals surface area contributed by atoms with Crippen molar-refractivity contribution in [1.29, 1.82) is 0 Å². The first-order valence-electron chi connectivity index (χ1n) is 5.71. The maximum atomic E-state index is 11.1. The SMILES string of the molecule is CC(C)(CCCOc1cc(Cl)ccc1Cl)C(N)=O. The monoisotopic (exact) mass is 289 g/mol. The number of halogens is 2. The molecule has 0 aliphatic rings. The molecule has 2 N–H and O–H groups in total. The second kappa shape index (κ2) is 6.30. The van der Waals surface area contributed by atoms with Gasteiger partial charge in [-0.1, -0.05) is 37.0 Å². The van der Waals surface area contributed by atoms with E-state index in [1.807, 2.05) is 13.8 Å². The molecule has 0 fully saturated rings. The summed E-state index contributed by atoms with van der Waals surface area (Å²) in [6, 6.07) is 5.06. The van der Waals surface area contributed by atoms with Gasteiger partial charge in [-0.3, -0.25) is 4.79 Å². The first-order valence-corrected chi connectivity index (χ1v) is 6.46. The smallest absolute Gasteiger partial charge is 0.223 e. The molecular formula is C13H17Cl2NO2. The molecule has 0 radical (unpaired) electrons. The van der Waals surface area contributed by atoms with Gasteiger partial charge in [0.05, 0.1) is 11.6 Å². The number of benzene rings is 1. The standard InChI is InChI=1S/C13H17Cl2NO2/c1-13(2,12(16)17)6-3-7-18-11-8-9(14)4-5-10(11)15/h4-5,8H,3,6-7H2,1-2H3,(H2,16,17). The van der Waals surface area contributed by atoms with E-state index in [1.54, 1.807) is 18.2 Å². The largest absolute Gasteiger partial charge is 0.492 e. The van der Waals surface area contributed by atoms with Crippen LogP contribution in [0, 0.1) is 5.41 Å². The molecule has 18 heavy (non-hydrogen) atoms. The zero-order valence-electron chi connectivity index (χ0n) is 10.5. The fourth-order valence-electron chi connectivity index (χ4n) is 1.41. The molecule has 0 aromatic heterocycles. The summed E-state index contributed by atoms with van der Waals surface area (Å²) in [5.41, 5.74) is 4.78. The molecule has 0 unspecified atom stereocenters. The predicted molar refractivity (Wildman–Crippen MR) is 74.2 cm³/mol. The molecule has 1 amide bonds. The van der Waals surface area contributed by atoms with Crippen molar-refractivity contribution in [3.05, 3.63) is 28.2 Å². The highest BCUT2D eigenvalue weighted by Crippen LogP contribution is 2.28. The average Bonchev–Trinajstić information content (AvgIpc) is 2.28. The summed E-state index contributed by atoms with van der Waals surface area (Å²) in [7, 11) is 0. The maximum absolute atomic E-state index is 11.1. The van der Waals surface area contributed by atoms with Gasteiger partial charge in [-0.05, 0) is 25.0 Å². The molecule has 0 atom stereocenters. The second-order valence-corrected chi connectivity index (χ2v) is 5.62. The normalized spacial score (nSPS) is 11.3. The van der Waals surface area contributed by atoms with E-state index in [-0.39, 0.29) is 5.91 Å². The van der Waals surface area contributed by atoms with Crippen LogP contribution in [-0.4, -0.2) is 12.5 Å². The molecule has 0 heterocycles. The lowest BCUT2D eigenvalue weighted by molar-refractivity contribution is -0.126. The summed E-state index contributed by atoms with van der Waals surface area (Å²) >= 11 is 11.8. The van der Waals surface area contributed by atoms with Gasteiger partial charge in [0.25, 0.3) is 0 Å². The van der Waals surface area contributed by atoms with Crippen LogP contribution in [-0.2, 0) is 4.79 Å². The third kappa shape index (κ3) is 4.39. The first-order chi connectivity index (χ1) is 8.33. The van der Waals surface area contributed by atoms with Gasteiger partial charge in [-0.15, -0.1) is 0 Å². The van der Waals surface area contributed by atoms with E-state index < -0.39 is 5.41 Å². The molecule has 1 rings (SSSR count). The molecule has 100 valence electrons. The third-order valence-electron chi connectivity index (χ3n) is 2.76. The zero-order chi connectivity index (χ0) is 13.8. The van der Waals surface area contributed by atoms with E-state index in [2.05, 4.69) is 0 Å². The number of carbonyl (C=O) groups is 1. The second-order valence-electron chi connectivity index (χ2n) is 4.77. The molecular weight excluding hydrogens is 273 g/mol. The van der Waals surface area contributed by atoms with Crippen molar-refractivity contribution in [3.63, 3.8) is 0 Å². The number of nitrogens with two attached hydrogens (primary N) is 1. The van der Waals surface area contributed by atoms with Crippen LogP contribution in [0.5, 0.6) is 5.75 Å². The highest BCUT2D eigenvalue weighted by molar-refractivity contribution is 6.34. The number of amides is 1. The van der Waals surface area contributed by atoms with Gasteiger partial charge in [0, 0.05) is 16.5 Å². The summed E-state index contributed by atoms with van der Waals surface area (Å²) < 4.78 is 5.52. The van der Waals surface area contributed by atoms with Crippen LogP contribution in [0.1, 0.15) is 26.7 Å². The molecule has 5 heteroatoms. The minimum atomic E-state index is -0.512. The van der Waals surface area contributed by atoms with Crippen LogP contribution >= 0.6 is 23.2 Å². The fraction of sp³-hybridized carbons (Fsp3) is 0.462. The minimum absolute atomic E-state index is 0.303. The highest BCUT2D eigenvalue weighted by atomic mass is 35.5. The molecule has 1 aromatic carbocycles. The van der Waals surface area contributed by atoms with Gasteiger partial charge in [0.1, 0.15) is 5.75 Å². The van der Waals surface area contributed by atoms with E-state index >= 15 is 0 Å². The molecule has 0 spiro atoms. The summed E-state index contributed by atoms with van der Waals surface area (Å²) in [5, 5.41) is 1.10. The van der Waals surface area contributed by atoms with Gasteiger partial charge >= 0.3 is 0 Å². The Bertz CT molecular complexity index is 433. The lowest BCUT2D eigenvalue weighted by atomic mass is 9.87. The number of primary amides is 1. The topological polar surface area (TPSA) is 52.3 Å². The fourth-order valence-corrected chi connectivity index (χ4v) is 1.74. The lowest BCUT2D eigenvalue weighted by Gasteiger charge is -2.20. The van der Waals surface area contributed by atoms with Crippen LogP contribution in [0.3, 0.4) is 0 Å². The van der Waals surface area contributed by atoms with E-state index in [1.165, 1.54) is 0 Å².